The molecule has 0 aromatic rings. The quantitative estimate of drug-likeness (QED) is 0.526. The average molecular weight is 276 g/mol. The molecule has 0 spiro atoms. The fourth-order valence-corrected chi connectivity index (χ4v) is 0. The fourth-order valence-electron chi connectivity index (χ4n) is 0. The van der Waals surface area contributed by atoms with Gasteiger partial charge in [-0.05, 0) is 0 Å². The summed E-state index contributed by atoms with van der Waals surface area (Å²) in [6, 6.07) is 0. The largest absolute Gasteiger partial charge is 0.295 e. The summed E-state index contributed by atoms with van der Waals surface area (Å²) in [4.78, 5) is 0. The van der Waals surface area contributed by atoms with E-state index in [1.165, 1.54) is 0 Å². The second kappa shape index (κ2) is 3.01. The first kappa shape index (κ1) is 11.5. The van der Waals surface area contributed by atoms with Gasteiger partial charge in [0.15, 0.2) is 0 Å². The second-order valence-electron chi connectivity index (χ2n) is 0.639. The summed E-state index contributed by atoms with van der Waals surface area (Å²) in [7, 11) is 0. The van der Waals surface area contributed by atoms with Crippen molar-refractivity contribution in [1.29, 1.82) is 0 Å². The molecule has 0 aliphatic heterocycles. The molecule has 0 radical (unpaired) electrons. The van der Waals surface area contributed by atoms with E-state index >= 15 is 0 Å². The van der Waals surface area contributed by atoms with Crippen LogP contribution >= 0.6 is 11.9 Å². The van der Waals surface area contributed by atoms with Gasteiger partial charge in [-0.15, -0.1) is 0 Å². The van der Waals surface area contributed by atoms with Gasteiger partial charge in [0.1, 0.15) is 0 Å². The van der Waals surface area contributed by atoms with Crippen molar-refractivity contribution in [3.05, 3.63) is 0 Å². The molecule has 0 rings (SSSR count). The first-order chi connectivity index (χ1) is 3.24. The van der Waals surface area contributed by atoms with Gasteiger partial charge in [-0.25, -0.2) is 0 Å². The molecule has 1 nitrogen and oxygen atoms in total. The molecular formula is H2ClF5OTe. The molecule has 8 heavy (non-hydrogen) atoms. The molecular weight excluding hydrogens is 274 g/mol. The average Bonchev–Trinajstić information content (AvgIpc) is 1.33. The standard InChI is InChI=1S/ClHO.F5HTe/c1-2;1-6(2,3,4)5/h2H;6H. The molecule has 8 heteroatoms. The van der Waals surface area contributed by atoms with Crippen LogP contribution in [0.1, 0.15) is 0 Å². The molecule has 0 heterocycles. The summed E-state index contributed by atoms with van der Waals surface area (Å²) in [5.74, 6) is 0. The minimum Gasteiger partial charge on any atom is -0.295 e. The van der Waals surface area contributed by atoms with Crippen molar-refractivity contribution in [2.75, 3.05) is 0 Å². The molecule has 0 aliphatic carbocycles. The van der Waals surface area contributed by atoms with Gasteiger partial charge in [0.05, 0.1) is 11.9 Å². The Balaban J connectivity index is 0. The van der Waals surface area contributed by atoms with E-state index in [4.69, 9.17) is 4.66 Å². The number of hydrogen-bond acceptors (Lipinski definition) is 1. The van der Waals surface area contributed by atoms with Crippen LogP contribution in [0.15, 0.2) is 0 Å². The summed E-state index contributed by atoms with van der Waals surface area (Å²) in [6.45, 7) is 0. The monoisotopic (exact) mass is 278 g/mol. The van der Waals surface area contributed by atoms with E-state index in [2.05, 4.69) is 11.9 Å². The Labute approximate surface area is 51.1 Å². The molecule has 0 fully saturated rings. The molecule has 0 bridgehead atoms. The number of hydrogen-bond donors (Lipinski definition) is 1. The Bertz CT molecular complexity index is 45.6. The van der Waals surface area contributed by atoms with Crippen LogP contribution in [0.4, 0.5) is 14.5 Å². The van der Waals surface area contributed by atoms with Crippen molar-refractivity contribution in [2.24, 2.45) is 0 Å². The van der Waals surface area contributed by atoms with Gasteiger partial charge in [0, 0.05) is 0 Å². The molecule has 0 atom stereocenters. The Morgan fingerprint density at radius 2 is 0.875 bits per heavy atom. The van der Waals surface area contributed by atoms with Crippen molar-refractivity contribution in [3.8, 4) is 0 Å². The molecule has 1 N–H and O–H groups in total. The van der Waals surface area contributed by atoms with Gasteiger partial charge in [0.25, 0.3) is 0 Å². The van der Waals surface area contributed by atoms with Gasteiger partial charge in [-0.2, -0.15) is 0 Å². The van der Waals surface area contributed by atoms with E-state index in [0.717, 1.165) is 0 Å². The Morgan fingerprint density at radius 3 is 0.875 bits per heavy atom. The molecule has 0 aliphatic rings. The normalized spacial score (nSPS) is 15.1. The fraction of sp³-hybridized carbons (Fsp3) is 0. The SMILES string of the molecule is F[TeH](F)(F)(F)F.OCl. The van der Waals surface area contributed by atoms with Crippen LogP contribution in [-0.2, 0) is 0 Å². The zero-order valence-corrected chi connectivity index (χ0v) is 6.47. The minimum atomic E-state index is -9.19. The van der Waals surface area contributed by atoms with Crippen LogP contribution in [0.3, 0.4) is 0 Å². The van der Waals surface area contributed by atoms with E-state index in [0.29, 0.717) is 0 Å². The topological polar surface area (TPSA) is 20.2 Å². The van der Waals surface area contributed by atoms with Gasteiger partial charge in [-0.1, -0.05) is 0 Å². The second-order valence-corrected chi connectivity index (χ2v) is 4.29. The summed E-state index contributed by atoms with van der Waals surface area (Å²) in [5, 5.41) is 0. The maximum Gasteiger partial charge on any atom is 0.0579 e. The molecule has 0 aromatic heterocycles. The third-order valence-electron chi connectivity index (χ3n) is 0. The maximum absolute atomic E-state index is 9.91. The first-order valence-corrected chi connectivity index (χ1v) is 6.18. The smallest absolute Gasteiger partial charge is 0.0579 e. The summed E-state index contributed by atoms with van der Waals surface area (Å²) in [5.41, 5.74) is 0. The molecule has 0 saturated heterocycles. The third-order valence-corrected chi connectivity index (χ3v) is 0. The van der Waals surface area contributed by atoms with Gasteiger partial charge in [-0.3, -0.25) is 4.66 Å². The van der Waals surface area contributed by atoms with Crippen LogP contribution < -0.4 is 0 Å². The summed E-state index contributed by atoms with van der Waals surface area (Å²) in [6.07, 6.45) is 0. The maximum atomic E-state index is 9.91. The predicted octanol–water partition coefficient (Wildman–Crippen LogP) is 1.58. The first-order valence-electron chi connectivity index (χ1n) is 1.01. The van der Waals surface area contributed by atoms with Gasteiger partial charge >= 0.3 is 34.1 Å². The number of rotatable bonds is 0. The molecule has 0 amide bonds. The zero-order chi connectivity index (χ0) is 7.45. The molecule has 0 aromatic carbocycles. The van der Waals surface area contributed by atoms with E-state index in [1.54, 1.807) is 0 Å². The van der Waals surface area contributed by atoms with Crippen LogP contribution in [0.5, 0.6) is 0 Å². The molecule has 0 unspecified atom stereocenters. The molecule has 56 valence electrons. The van der Waals surface area contributed by atoms with Gasteiger partial charge < -0.3 is 0 Å². The Kier molecular flexibility index (Phi) is 4.32. The number of halogens is 6. The van der Waals surface area contributed by atoms with Crippen LogP contribution in [-0.4, -0.2) is 24.3 Å². The zero-order valence-electron chi connectivity index (χ0n) is 3.16. The summed E-state index contributed by atoms with van der Waals surface area (Å²) < 4.78 is 56.0. The van der Waals surface area contributed by atoms with Crippen molar-refractivity contribution >= 4 is 31.5 Å². The minimum absolute atomic E-state index is 3.64. The predicted molar refractivity (Wildman–Crippen MR) is 20.8 cm³/mol. The third kappa shape index (κ3) is 455. The Hall–Kier alpha value is 0.690. The van der Waals surface area contributed by atoms with Crippen LogP contribution in [0.25, 0.3) is 0 Å². The van der Waals surface area contributed by atoms with Crippen molar-refractivity contribution in [1.82, 2.24) is 0 Å². The van der Waals surface area contributed by atoms with E-state index in [9.17, 15) is 14.5 Å². The van der Waals surface area contributed by atoms with Crippen molar-refractivity contribution in [3.63, 3.8) is 0 Å². The van der Waals surface area contributed by atoms with Gasteiger partial charge in [0.2, 0.25) is 0 Å². The van der Waals surface area contributed by atoms with Crippen molar-refractivity contribution in [2.45, 2.75) is 0 Å². The van der Waals surface area contributed by atoms with Crippen LogP contribution in [0, 0.1) is 0 Å². The molecule has 0 saturated carbocycles. The van der Waals surface area contributed by atoms with E-state index in [1.807, 2.05) is 0 Å². The van der Waals surface area contributed by atoms with E-state index < -0.39 is 19.6 Å². The van der Waals surface area contributed by atoms with Crippen molar-refractivity contribution < 1.29 is 19.1 Å². The van der Waals surface area contributed by atoms with Crippen LogP contribution in [0.2, 0.25) is 0 Å². The Morgan fingerprint density at radius 1 is 0.875 bits per heavy atom. The summed E-state index contributed by atoms with van der Waals surface area (Å²) >= 11 is -5.55. The van der Waals surface area contributed by atoms with E-state index in [-0.39, 0.29) is 0 Å².